The zero-order valence-electron chi connectivity index (χ0n) is 4.58. The molecule has 0 saturated heterocycles. The maximum Gasteiger partial charge on any atom is 0.132 e. The summed E-state index contributed by atoms with van der Waals surface area (Å²) in [6, 6.07) is 0. The highest BCUT2D eigenvalue weighted by Gasteiger charge is 2.07. The van der Waals surface area contributed by atoms with Gasteiger partial charge in [0.05, 0.1) is 0 Å². The summed E-state index contributed by atoms with van der Waals surface area (Å²) >= 11 is 0. The van der Waals surface area contributed by atoms with Crippen LogP contribution in [0.25, 0.3) is 0 Å². The second-order valence-electron chi connectivity index (χ2n) is 2.39. The molecule has 0 fully saturated rings. The van der Waals surface area contributed by atoms with Gasteiger partial charge in [0.25, 0.3) is 0 Å². The van der Waals surface area contributed by atoms with Crippen LogP contribution in [0.4, 0.5) is 0 Å². The number of hydrazine groups is 1. The summed E-state index contributed by atoms with van der Waals surface area (Å²) in [4.78, 5) is 0. The molecule has 38 valence electrons. The van der Waals surface area contributed by atoms with Crippen molar-refractivity contribution in [1.29, 1.82) is 0 Å². The maximum absolute atomic E-state index is 5.12. The van der Waals surface area contributed by atoms with Gasteiger partial charge >= 0.3 is 0 Å². The predicted molar refractivity (Wildman–Crippen MR) is 30.7 cm³/mol. The fourth-order valence-corrected chi connectivity index (χ4v) is 0. The lowest BCUT2D eigenvalue weighted by Gasteiger charge is -2.11. The first-order valence-corrected chi connectivity index (χ1v) is 5.54. The lowest BCUT2D eigenvalue weighted by molar-refractivity contribution is 1.02. The van der Waals surface area contributed by atoms with E-state index in [0.29, 0.717) is 0 Å². The van der Waals surface area contributed by atoms with Gasteiger partial charge in [0.1, 0.15) is 8.24 Å². The zero-order chi connectivity index (χ0) is 5.21. The van der Waals surface area contributed by atoms with E-state index < -0.39 is 8.24 Å². The first-order chi connectivity index (χ1) is 2.56. The van der Waals surface area contributed by atoms with Crippen LogP contribution in [0.3, 0.4) is 0 Å². The smallest absolute Gasteiger partial charge is 0.132 e. The molecule has 2 nitrogen and oxygen atoms in total. The third kappa shape index (κ3) is 4.14. The Morgan fingerprint density at radius 2 is 1.50 bits per heavy atom. The Bertz CT molecular complexity index is 38.5. The molecule has 0 atom stereocenters. The second kappa shape index (κ2) is 1.73. The maximum atomic E-state index is 5.12. The van der Waals surface area contributed by atoms with Gasteiger partial charge in [0, 0.05) is 0 Å². The molecule has 6 heavy (non-hydrogen) atoms. The first-order valence-electron chi connectivity index (χ1n) is 2.04. The molecule has 0 aromatic rings. The van der Waals surface area contributed by atoms with Gasteiger partial charge in [-0.2, -0.15) is 0 Å². The predicted octanol–water partition coefficient (Wildman–Crippen LogP) is 0.285. The van der Waals surface area contributed by atoms with E-state index in [0.717, 1.165) is 0 Å². The van der Waals surface area contributed by atoms with Gasteiger partial charge in [-0.15, -0.1) is 0 Å². The molecule has 0 amide bonds. The average molecular weight is 104 g/mol. The van der Waals surface area contributed by atoms with Crippen LogP contribution in [-0.4, -0.2) is 8.24 Å². The second-order valence-corrected chi connectivity index (χ2v) is 7.18. The van der Waals surface area contributed by atoms with Crippen molar-refractivity contribution in [3.05, 3.63) is 0 Å². The highest BCUT2D eigenvalue weighted by atomic mass is 28.3. The van der Waals surface area contributed by atoms with E-state index in [4.69, 9.17) is 5.84 Å². The van der Waals surface area contributed by atoms with Crippen LogP contribution in [0, 0.1) is 0 Å². The summed E-state index contributed by atoms with van der Waals surface area (Å²) in [7, 11) is -1.10. The molecule has 0 aromatic heterocycles. The third-order valence-corrected chi connectivity index (χ3v) is 1.30. The van der Waals surface area contributed by atoms with Crippen molar-refractivity contribution in [2.75, 3.05) is 0 Å². The van der Waals surface area contributed by atoms with E-state index in [2.05, 4.69) is 24.7 Å². The summed E-state index contributed by atoms with van der Waals surface area (Å²) < 4.78 is 0. The van der Waals surface area contributed by atoms with Gasteiger partial charge in [-0.1, -0.05) is 19.6 Å². The summed E-state index contributed by atoms with van der Waals surface area (Å²) in [6.45, 7) is 6.44. The van der Waals surface area contributed by atoms with Crippen LogP contribution in [0.2, 0.25) is 19.6 Å². The molecule has 0 rings (SSSR count). The normalized spacial score (nSPS) is 12.0. The molecule has 3 N–H and O–H groups in total. The van der Waals surface area contributed by atoms with Crippen molar-refractivity contribution in [2.24, 2.45) is 5.84 Å². The van der Waals surface area contributed by atoms with Gasteiger partial charge in [0.15, 0.2) is 0 Å². The number of nitrogens with two attached hydrogens (primary N) is 1. The fraction of sp³-hybridized carbons (Fsp3) is 1.00. The van der Waals surface area contributed by atoms with Crippen LogP contribution in [0.15, 0.2) is 0 Å². The number of hydrogen-bond donors (Lipinski definition) is 2. The van der Waals surface area contributed by atoms with Crippen molar-refractivity contribution in [3.8, 4) is 0 Å². The summed E-state index contributed by atoms with van der Waals surface area (Å²) in [5, 5.41) is 2.74. The molecule has 0 aliphatic heterocycles. The number of rotatable bonds is 1. The highest BCUT2D eigenvalue weighted by molar-refractivity contribution is 6.73. The first kappa shape index (κ1) is 6.14. The van der Waals surface area contributed by atoms with Crippen LogP contribution < -0.4 is 10.9 Å². The molecule has 0 unspecified atom stereocenters. The fourth-order valence-electron chi connectivity index (χ4n) is 0. The molecule has 0 heterocycles. The Kier molecular flexibility index (Phi) is 1.77. The van der Waals surface area contributed by atoms with E-state index in [9.17, 15) is 0 Å². The molecule has 0 radical (unpaired) electrons. The topological polar surface area (TPSA) is 38.0 Å². The van der Waals surface area contributed by atoms with Gasteiger partial charge in [-0.25, -0.2) is 0 Å². The van der Waals surface area contributed by atoms with E-state index in [1.807, 2.05) is 0 Å². The molecular weight excluding hydrogens is 92.1 g/mol. The van der Waals surface area contributed by atoms with Crippen molar-refractivity contribution in [3.63, 3.8) is 0 Å². The molecule has 0 saturated carbocycles. The summed E-state index contributed by atoms with van der Waals surface area (Å²) in [5.41, 5.74) is 0. The molecule has 0 bridgehead atoms. The minimum absolute atomic E-state index is 1.10. The molecular formula is C3H12N2Si. The standard InChI is InChI=1S/C3H12N2Si/c1-6(2,3)5-4/h5H,4H2,1-3H3. The minimum atomic E-state index is -1.10. The summed E-state index contributed by atoms with van der Waals surface area (Å²) in [5.74, 6) is 5.12. The van der Waals surface area contributed by atoms with Crippen LogP contribution in [0.1, 0.15) is 0 Å². The Hall–Kier alpha value is 0.137. The molecule has 0 spiro atoms. The van der Waals surface area contributed by atoms with Crippen molar-refractivity contribution in [2.45, 2.75) is 19.6 Å². The lowest BCUT2D eigenvalue weighted by atomic mass is 11.8. The minimum Gasteiger partial charge on any atom is -0.282 e. The van der Waals surface area contributed by atoms with E-state index in [1.54, 1.807) is 0 Å². The number of hydrogen-bond acceptors (Lipinski definition) is 2. The van der Waals surface area contributed by atoms with Crippen molar-refractivity contribution in [1.82, 2.24) is 5.09 Å². The van der Waals surface area contributed by atoms with E-state index in [-0.39, 0.29) is 0 Å². The Morgan fingerprint density at radius 1 is 1.33 bits per heavy atom. The Morgan fingerprint density at radius 3 is 1.50 bits per heavy atom. The van der Waals surface area contributed by atoms with Crippen molar-refractivity contribution >= 4 is 8.24 Å². The van der Waals surface area contributed by atoms with Gasteiger partial charge in [-0.3, -0.25) is 10.9 Å². The third-order valence-electron chi connectivity index (χ3n) is 0.433. The Labute approximate surface area is 39.8 Å². The van der Waals surface area contributed by atoms with E-state index >= 15 is 0 Å². The largest absolute Gasteiger partial charge is 0.282 e. The van der Waals surface area contributed by atoms with Gasteiger partial charge in [-0.05, 0) is 0 Å². The SMILES string of the molecule is C[Si](C)(C)NN. The van der Waals surface area contributed by atoms with Crippen molar-refractivity contribution < 1.29 is 0 Å². The van der Waals surface area contributed by atoms with Gasteiger partial charge < -0.3 is 0 Å². The molecule has 0 aliphatic carbocycles. The van der Waals surface area contributed by atoms with Crippen LogP contribution in [-0.2, 0) is 0 Å². The van der Waals surface area contributed by atoms with Gasteiger partial charge in [0.2, 0.25) is 0 Å². The zero-order valence-corrected chi connectivity index (χ0v) is 5.58. The highest BCUT2D eigenvalue weighted by Crippen LogP contribution is 1.88. The Balaban J connectivity index is 3.17. The average Bonchev–Trinajstić information content (AvgIpc) is 1.35. The van der Waals surface area contributed by atoms with E-state index in [1.165, 1.54) is 0 Å². The quantitative estimate of drug-likeness (QED) is 0.285. The monoisotopic (exact) mass is 104 g/mol. The lowest BCUT2D eigenvalue weighted by Crippen LogP contribution is -2.45. The molecule has 3 heteroatoms. The summed E-state index contributed by atoms with van der Waals surface area (Å²) in [6.07, 6.45) is 0. The molecule has 0 aromatic carbocycles. The molecule has 0 aliphatic rings. The van der Waals surface area contributed by atoms with Crippen LogP contribution in [0.5, 0.6) is 0 Å². The van der Waals surface area contributed by atoms with Crippen LogP contribution >= 0.6 is 0 Å². The number of nitrogens with one attached hydrogen (secondary N) is 1.